The fourth-order valence-electron chi connectivity index (χ4n) is 2.85. The fourth-order valence-corrected chi connectivity index (χ4v) is 3.02. The van der Waals surface area contributed by atoms with Crippen LogP contribution in [0.3, 0.4) is 0 Å². The Bertz CT molecular complexity index is 727. The predicted octanol–water partition coefficient (Wildman–Crippen LogP) is 3.09. The summed E-state index contributed by atoms with van der Waals surface area (Å²) in [7, 11) is 0. The maximum absolute atomic E-state index is 12.7. The minimum Gasteiger partial charge on any atom is -0.326 e. The number of rotatable bonds is 2. The van der Waals surface area contributed by atoms with E-state index in [0.29, 0.717) is 17.1 Å². The number of amides is 1. The van der Waals surface area contributed by atoms with Crippen molar-refractivity contribution in [2.24, 2.45) is 5.73 Å². The molecule has 0 unspecified atom stereocenters. The molecule has 1 aliphatic rings. The van der Waals surface area contributed by atoms with Gasteiger partial charge in [-0.1, -0.05) is 11.6 Å². The number of hydrogen-bond acceptors (Lipinski definition) is 3. The van der Waals surface area contributed by atoms with Gasteiger partial charge in [0.15, 0.2) is 0 Å². The summed E-state index contributed by atoms with van der Waals surface area (Å²) in [6.07, 6.45) is 3.40. The molecule has 1 amide bonds. The Morgan fingerprint density at radius 2 is 2.05 bits per heavy atom. The minimum absolute atomic E-state index is 0.0392. The van der Waals surface area contributed by atoms with Gasteiger partial charge in [-0.2, -0.15) is 0 Å². The Morgan fingerprint density at radius 1 is 1.29 bits per heavy atom. The van der Waals surface area contributed by atoms with Crippen molar-refractivity contribution in [2.45, 2.75) is 25.9 Å². The summed E-state index contributed by atoms with van der Waals surface area (Å²) < 4.78 is 0. The number of aromatic nitrogens is 1. The minimum atomic E-state index is -0.480. The normalized spacial score (nSPS) is 16.2. The molecule has 0 aliphatic carbocycles. The highest BCUT2D eigenvalue weighted by Gasteiger charge is 2.44. The number of anilines is 1. The monoisotopic (exact) mass is 301 g/mol. The Balaban J connectivity index is 2.15. The number of nitrogens with two attached hydrogens (primary N) is 1. The first-order chi connectivity index (χ1) is 9.95. The number of halogens is 1. The van der Waals surface area contributed by atoms with Crippen LogP contribution in [0.25, 0.3) is 0 Å². The van der Waals surface area contributed by atoms with Crippen molar-refractivity contribution < 1.29 is 4.79 Å². The Morgan fingerprint density at radius 3 is 2.76 bits per heavy atom. The van der Waals surface area contributed by atoms with Crippen molar-refractivity contribution in [3.05, 3.63) is 58.4 Å². The van der Waals surface area contributed by atoms with Crippen LogP contribution in [0.15, 0.2) is 36.7 Å². The molecule has 0 saturated heterocycles. The first kappa shape index (κ1) is 14.0. The largest absolute Gasteiger partial charge is 0.326 e. The van der Waals surface area contributed by atoms with E-state index in [1.165, 1.54) is 0 Å². The first-order valence-electron chi connectivity index (χ1n) is 6.73. The summed E-state index contributed by atoms with van der Waals surface area (Å²) in [6.45, 7) is 4.40. The number of benzene rings is 1. The van der Waals surface area contributed by atoms with E-state index < -0.39 is 5.54 Å². The highest BCUT2D eigenvalue weighted by molar-refractivity contribution is 6.31. The molecule has 2 heterocycles. The summed E-state index contributed by atoms with van der Waals surface area (Å²) in [5, 5.41) is 0.630. The highest BCUT2D eigenvalue weighted by atomic mass is 35.5. The molecule has 2 N–H and O–H groups in total. The number of carbonyl (C=O) groups excluding carboxylic acids is 1. The molecule has 2 aromatic rings. The summed E-state index contributed by atoms with van der Waals surface area (Å²) in [5.41, 5.74) is 8.44. The molecule has 4 nitrogen and oxygen atoms in total. The zero-order valence-electron chi connectivity index (χ0n) is 11.9. The summed E-state index contributed by atoms with van der Waals surface area (Å²) >= 11 is 6.08. The van der Waals surface area contributed by atoms with Gasteiger partial charge in [0.1, 0.15) is 0 Å². The number of hydrogen-bond donors (Lipinski definition) is 1. The van der Waals surface area contributed by atoms with Crippen LogP contribution in [0.5, 0.6) is 0 Å². The smallest absolute Gasteiger partial charge is 0.259 e. The second-order valence-corrected chi connectivity index (χ2v) is 6.08. The van der Waals surface area contributed by atoms with E-state index in [2.05, 4.69) is 4.98 Å². The van der Waals surface area contributed by atoms with Gasteiger partial charge < -0.3 is 5.73 Å². The van der Waals surface area contributed by atoms with Gasteiger partial charge in [0.2, 0.25) is 0 Å². The zero-order valence-corrected chi connectivity index (χ0v) is 12.7. The maximum Gasteiger partial charge on any atom is 0.259 e. The van der Waals surface area contributed by atoms with Crippen LogP contribution >= 0.6 is 11.6 Å². The molecule has 21 heavy (non-hydrogen) atoms. The Hall–Kier alpha value is -1.91. The van der Waals surface area contributed by atoms with Gasteiger partial charge in [0.05, 0.1) is 17.4 Å². The van der Waals surface area contributed by atoms with Crippen molar-refractivity contribution in [2.75, 3.05) is 4.90 Å². The second kappa shape index (κ2) is 4.83. The molecule has 0 radical (unpaired) electrons. The van der Waals surface area contributed by atoms with E-state index in [0.717, 1.165) is 16.8 Å². The van der Waals surface area contributed by atoms with Crippen LogP contribution in [-0.2, 0) is 12.1 Å². The summed E-state index contributed by atoms with van der Waals surface area (Å²) in [4.78, 5) is 18.7. The van der Waals surface area contributed by atoms with Crippen LogP contribution in [0, 0.1) is 0 Å². The van der Waals surface area contributed by atoms with Crippen molar-refractivity contribution in [1.29, 1.82) is 0 Å². The lowest BCUT2D eigenvalue weighted by molar-refractivity contribution is 0.0982. The van der Waals surface area contributed by atoms with Gasteiger partial charge in [0, 0.05) is 23.3 Å². The van der Waals surface area contributed by atoms with E-state index in [4.69, 9.17) is 17.3 Å². The zero-order chi connectivity index (χ0) is 15.2. The van der Waals surface area contributed by atoms with Crippen LogP contribution in [0.4, 0.5) is 5.69 Å². The molecule has 0 atom stereocenters. The Labute approximate surface area is 128 Å². The van der Waals surface area contributed by atoms with Crippen LogP contribution in [0.2, 0.25) is 5.02 Å². The van der Waals surface area contributed by atoms with Crippen molar-refractivity contribution in [1.82, 2.24) is 4.98 Å². The third kappa shape index (κ3) is 2.11. The van der Waals surface area contributed by atoms with E-state index >= 15 is 0 Å². The van der Waals surface area contributed by atoms with E-state index in [-0.39, 0.29) is 5.91 Å². The molecule has 5 heteroatoms. The van der Waals surface area contributed by atoms with Gasteiger partial charge in [-0.25, -0.2) is 0 Å². The predicted molar refractivity (Wildman–Crippen MR) is 83.4 cm³/mol. The Kier molecular flexibility index (Phi) is 3.23. The fraction of sp³-hybridized carbons (Fsp3) is 0.250. The lowest BCUT2D eigenvalue weighted by Gasteiger charge is -2.32. The molecule has 1 aliphatic heterocycles. The maximum atomic E-state index is 12.7. The van der Waals surface area contributed by atoms with Crippen molar-refractivity contribution in [3.8, 4) is 0 Å². The van der Waals surface area contributed by atoms with Gasteiger partial charge in [-0.15, -0.1) is 0 Å². The quantitative estimate of drug-likeness (QED) is 0.927. The molecule has 3 rings (SSSR count). The third-order valence-corrected chi connectivity index (χ3v) is 4.14. The molecule has 0 saturated carbocycles. The molecular formula is C16H16ClN3O. The lowest BCUT2D eigenvalue weighted by atomic mass is 9.93. The standard InChI is InChI=1S/C16H16ClN3O/c1-16(2)14-6-11(17)3-4-13(14)15(21)20(16)12-5-10(7-18)8-19-9-12/h3-6,8-9H,7,18H2,1-2H3. The van der Waals surface area contributed by atoms with Crippen LogP contribution in [0.1, 0.15) is 35.3 Å². The van der Waals surface area contributed by atoms with E-state index in [9.17, 15) is 4.79 Å². The van der Waals surface area contributed by atoms with Crippen molar-refractivity contribution >= 4 is 23.2 Å². The molecular weight excluding hydrogens is 286 g/mol. The highest BCUT2D eigenvalue weighted by Crippen LogP contribution is 2.42. The molecule has 0 fully saturated rings. The van der Waals surface area contributed by atoms with Gasteiger partial charge in [0.25, 0.3) is 5.91 Å². The lowest BCUT2D eigenvalue weighted by Crippen LogP contribution is -2.39. The van der Waals surface area contributed by atoms with E-state index in [1.54, 1.807) is 29.4 Å². The molecule has 1 aromatic carbocycles. The molecule has 0 bridgehead atoms. The van der Waals surface area contributed by atoms with Gasteiger partial charge >= 0.3 is 0 Å². The van der Waals surface area contributed by atoms with Crippen LogP contribution in [-0.4, -0.2) is 10.9 Å². The topological polar surface area (TPSA) is 59.2 Å². The average molecular weight is 302 g/mol. The van der Waals surface area contributed by atoms with Crippen LogP contribution < -0.4 is 10.6 Å². The molecule has 1 aromatic heterocycles. The number of fused-ring (bicyclic) bond motifs is 1. The van der Waals surface area contributed by atoms with Gasteiger partial charge in [-0.3, -0.25) is 14.7 Å². The van der Waals surface area contributed by atoms with Gasteiger partial charge in [-0.05, 0) is 49.2 Å². The number of carbonyl (C=O) groups is 1. The molecule has 0 spiro atoms. The van der Waals surface area contributed by atoms with Crippen molar-refractivity contribution in [3.63, 3.8) is 0 Å². The van der Waals surface area contributed by atoms with E-state index in [1.807, 2.05) is 26.0 Å². The molecule has 108 valence electrons. The summed E-state index contributed by atoms with van der Waals surface area (Å²) in [5.74, 6) is -0.0392. The SMILES string of the molecule is CC1(C)c2cc(Cl)ccc2C(=O)N1c1cncc(CN)c1. The first-order valence-corrected chi connectivity index (χ1v) is 7.11. The number of pyridine rings is 1. The average Bonchev–Trinajstić information content (AvgIpc) is 2.66. The summed E-state index contributed by atoms with van der Waals surface area (Å²) in [6, 6.07) is 7.28. The third-order valence-electron chi connectivity index (χ3n) is 3.91. The number of nitrogens with zero attached hydrogens (tertiary/aromatic N) is 2. The second-order valence-electron chi connectivity index (χ2n) is 5.64.